The van der Waals surface area contributed by atoms with Crippen molar-refractivity contribution in [1.29, 1.82) is 0 Å². The molecule has 1 fully saturated rings. The normalized spacial score (nSPS) is 15.3. The molecule has 94 valence electrons. The predicted octanol–water partition coefficient (Wildman–Crippen LogP) is 2.49. The van der Waals surface area contributed by atoms with Gasteiger partial charge in [0.1, 0.15) is 0 Å². The van der Waals surface area contributed by atoms with E-state index in [1.807, 2.05) is 43.1 Å². The summed E-state index contributed by atoms with van der Waals surface area (Å²) in [5.74, 6) is 0.239. The molecule has 2 aromatic heterocycles. The summed E-state index contributed by atoms with van der Waals surface area (Å²) in [4.78, 5) is 12.3. The molecule has 0 unspecified atom stereocenters. The Labute approximate surface area is 106 Å². The van der Waals surface area contributed by atoms with E-state index in [2.05, 4.69) is 5.10 Å². The molecule has 2 aromatic rings. The van der Waals surface area contributed by atoms with Crippen LogP contribution in [0.25, 0.3) is 5.69 Å². The maximum absolute atomic E-state index is 12.3. The number of rotatable bonds is 3. The van der Waals surface area contributed by atoms with Gasteiger partial charge in [-0.25, -0.2) is 0 Å². The molecule has 4 nitrogen and oxygen atoms in total. The lowest BCUT2D eigenvalue weighted by atomic mass is 10.1. The smallest absolute Gasteiger partial charge is 0.258 e. The molecule has 4 heteroatoms. The summed E-state index contributed by atoms with van der Waals surface area (Å²) in [6.45, 7) is 4.07. The van der Waals surface area contributed by atoms with Gasteiger partial charge in [0.2, 0.25) is 0 Å². The van der Waals surface area contributed by atoms with Gasteiger partial charge in [-0.05, 0) is 24.8 Å². The molecule has 1 aliphatic carbocycles. The summed E-state index contributed by atoms with van der Waals surface area (Å²) in [7, 11) is 0. The highest BCUT2D eigenvalue weighted by atomic mass is 16.1. The van der Waals surface area contributed by atoms with E-state index >= 15 is 0 Å². The van der Waals surface area contributed by atoms with Crippen LogP contribution in [-0.4, -0.2) is 14.3 Å². The number of aromatic nitrogens is 3. The number of nitrogens with zero attached hydrogens (tertiary/aromatic N) is 3. The Bertz CT molecular complexity index is 620. The molecule has 0 radical (unpaired) electrons. The van der Waals surface area contributed by atoms with E-state index < -0.39 is 0 Å². The zero-order valence-electron chi connectivity index (χ0n) is 10.7. The van der Waals surface area contributed by atoms with Crippen molar-refractivity contribution < 1.29 is 0 Å². The van der Waals surface area contributed by atoms with Crippen LogP contribution < -0.4 is 5.56 Å². The summed E-state index contributed by atoms with van der Waals surface area (Å²) in [5, 5.41) is 4.33. The van der Waals surface area contributed by atoms with Crippen molar-refractivity contribution >= 4 is 0 Å². The second kappa shape index (κ2) is 4.12. The molecule has 3 rings (SSSR count). The van der Waals surface area contributed by atoms with Crippen LogP contribution in [-0.2, 0) is 0 Å². The van der Waals surface area contributed by atoms with Crippen molar-refractivity contribution in [2.75, 3.05) is 0 Å². The summed E-state index contributed by atoms with van der Waals surface area (Å²) >= 11 is 0. The zero-order valence-corrected chi connectivity index (χ0v) is 10.7. The molecule has 0 amide bonds. The van der Waals surface area contributed by atoms with Gasteiger partial charge in [-0.1, -0.05) is 19.9 Å². The van der Waals surface area contributed by atoms with Crippen LogP contribution in [0.4, 0.5) is 0 Å². The minimum atomic E-state index is 0.0582. The Hall–Kier alpha value is -1.84. The fraction of sp³-hybridized carbons (Fsp3) is 0.429. The predicted molar refractivity (Wildman–Crippen MR) is 70.2 cm³/mol. The second-order valence-corrected chi connectivity index (χ2v) is 5.20. The van der Waals surface area contributed by atoms with Crippen molar-refractivity contribution in [2.24, 2.45) is 0 Å². The topological polar surface area (TPSA) is 39.8 Å². The Morgan fingerprint density at radius 2 is 2.17 bits per heavy atom. The molecule has 2 heterocycles. The summed E-state index contributed by atoms with van der Waals surface area (Å²) in [5.41, 5.74) is 1.76. The monoisotopic (exact) mass is 243 g/mol. The van der Waals surface area contributed by atoms with Crippen molar-refractivity contribution in [1.82, 2.24) is 14.3 Å². The van der Waals surface area contributed by atoms with E-state index in [4.69, 9.17) is 0 Å². The van der Waals surface area contributed by atoms with Crippen molar-refractivity contribution in [3.63, 3.8) is 0 Å². The van der Waals surface area contributed by atoms with Crippen LogP contribution >= 0.6 is 0 Å². The minimum absolute atomic E-state index is 0.0582. The zero-order chi connectivity index (χ0) is 12.7. The molecule has 18 heavy (non-hydrogen) atoms. The molecule has 0 saturated heterocycles. The van der Waals surface area contributed by atoms with Gasteiger partial charge >= 0.3 is 0 Å². The Balaban J connectivity index is 2.04. The average molecular weight is 243 g/mol. The van der Waals surface area contributed by atoms with E-state index in [1.165, 1.54) is 12.8 Å². The highest BCUT2D eigenvalue weighted by Crippen LogP contribution is 2.34. The molecule has 0 aliphatic heterocycles. The van der Waals surface area contributed by atoms with Crippen molar-refractivity contribution in [3.8, 4) is 5.69 Å². The molecule has 1 aliphatic rings. The van der Waals surface area contributed by atoms with Crippen LogP contribution in [0.5, 0.6) is 0 Å². The summed E-state index contributed by atoms with van der Waals surface area (Å²) in [6.07, 6.45) is 7.93. The average Bonchev–Trinajstić information content (AvgIpc) is 3.08. The number of pyridine rings is 1. The standard InChI is InChI=1S/C14H17N3O/c1-10(2)13-4-3-7-16(14(13)18)12-8-15-17(9-12)11-5-6-11/h3-4,7-11H,5-6H2,1-2H3. The highest BCUT2D eigenvalue weighted by molar-refractivity contribution is 5.29. The van der Waals surface area contributed by atoms with Crippen LogP contribution in [0.2, 0.25) is 0 Å². The van der Waals surface area contributed by atoms with Crippen LogP contribution in [0.3, 0.4) is 0 Å². The van der Waals surface area contributed by atoms with Crippen LogP contribution in [0.1, 0.15) is 44.2 Å². The fourth-order valence-electron chi connectivity index (χ4n) is 2.14. The molecule has 0 bridgehead atoms. The molecule has 0 atom stereocenters. The lowest BCUT2D eigenvalue weighted by molar-refractivity contribution is 0.641. The minimum Gasteiger partial charge on any atom is -0.281 e. The first-order valence-corrected chi connectivity index (χ1v) is 6.43. The lowest BCUT2D eigenvalue weighted by Gasteiger charge is -2.07. The van der Waals surface area contributed by atoms with E-state index in [-0.39, 0.29) is 11.5 Å². The van der Waals surface area contributed by atoms with E-state index in [0.717, 1.165) is 11.3 Å². The summed E-state index contributed by atoms with van der Waals surface area (Å²) < 4.78 is 3.64. The summed E-state index contributed by atoms with van der Waals surface area (Å²) in [6, 6.07) is 4.36. The molecule has 0 aromatic carbocycles. The van der Waals surface area contributed by atoms with Crippen molar-refractivity contribution in [2.45, 2.75) is 38.6 Å². The third kappa shape index (κ3) is 1.88. The largest absolute Gasteiger partial charge is 0.281 e. The highest BCUT2D eigenvalue weighted by Gasteiger charge is 2.24. The Morgan fingerprint density at radius 1 is 1.39 bits per heavy atom. The maximum Gasteiger partial charge on any atom is 0.258 e. The fourth-order valence-corrected chi connectivity index (χ4v) is 2.14. The number of hydrogen-bond acceptors (Lipinski definition) is 2. The molecule has 0 N–H and O–H groups in total. The molecule has 0 spiro atoms. The van der Waals surface area contributed by atoms with Crippen LogP contribution in [0.15, 0.2) is 35.5 Å². The Kier molecular flexibility index (Phi) is 2.58. The quantitative estimate of drug-likeness (QED) is 0.831. The third-order valence-electron chi connectivity index (χ3n) is 3.39. The van der Waals surface area contributed by atoms with Gasteiger partial charge in [0, 0.05) is 18.0 Å². The van der Waals surface area contributed by atoms with Crippen LogP contribution in [0, 0.1) is 0 Å². The van der Waals surface area contributed by atoms with Gasteiger partial charge in [-0.3, -0.25) is 14.0 Å². The first-order chi connectivity index (χ1) is 8.66. The maximum atomic E-state index is 12.3. The van der Waals surface area contributed by atoms with Gasteiger partial charge in [0.05, 0.1) is 17.9 Å². The Morgan fingerprint density at radius 3 is 2.83 bits per heavy atom. The third-order valence-corrected chi connectivity index (χ3v) is 3.39. The van der Waals surface area contributed by atoms with E-state index in [1.54, 1.807) is 10.8 Å². The molecule has 1 saturated carbocycles. The SMILES string of the molecule is CC(C)c1cccn(-c2cnn(C3CC3)c2)c1=O. The second-order valence-electron chi connectivity index (χ2n) is 5.20. The van der Waals surface area contributed by atoms with Gasteiger partial charge in [-0.2, -0.15) is 5.10 Å². The molecular formula is C14H17N3O. The van der Waals surface area contributed by atoms with Gasteiger partial charge in [0.15, 0.2) is 0 Å². The van der Waals surface area contributed by atoms with E-state index in [9.17, 15) is 4.79 Å². The molecular weight excluding hydrogens is 226 g/mol. The van der Waals surface area contributed by atoms with E-state index in [0.29, 0.717) is 6.04 Å². The number of hydrogen-bond donors (Lipinski definition) is 0. The van der Waals surface area contributed by atoms with Gasteiger partial charge in [-0.15, -0.1) is 0 Å². The first-order valence-electron chi connectivity index (χ1n) is 6.43. The first kappa shape index (κ1) is 11.3. The van der Waals surface area contributed by atoms with Gasteiger partial charge < -0.3 is 0 Å². The van der Waals surface area contributed by atoms with Crippen molar-refractivity contribution in [3.05, 3.63) is 46.6 Å². The van der Waals surface area contributed by atoms with Gasteiger partial charge in [0.25, 0.3) is 5.56 Å². The lowest BCUT2D eigenvalue weighted by Crippen LogP contribution is -2.21.